The minimum absolute atomic E-state index is 0.431. The van der Waals surface area contributed by atoms with E-state index < -0.39 is 5.91 Å². The molecule has 0 bridgehead atoms. The van der Waals surface area contributed by atoms with Gasteiger partial charge in [0.25, 0.3) is 5.91 Å². The van der Waals surface area contributed by atoms with Gasteiger partial charge < -0.3 is 25.5 Å². The number of amidine groups is 1. The number of nitrogens with two attached hydrogens (primary N) is 1. The summed E-state index contributed by atoms with van der Waals surface area (Å²) in [6.07, 6.45) is 3.63. The molecule has 0 aliphatic carbocycles. The molecule has 150 valence electrons. The Kier molecular flexibility index (Phi) is 4.28. The van der Waals surface area contributed by atoms with Crippen molar-refractivity contribution in [1.29, 1.82) is 0 Å². The van der Waals surface area contributed by atoms with Crippen molar-refractivity contribution in [2.75, 3.05) is 6.61 Å². The quantitative estimate of drug-likeness (QED) is 0.615. The molecule has 0 saturated carbocycles. The second-order valence-electron chi connectivity index (χ2n) is 7.31. The van der Waals surface area contributed by atoms with Crippen molar-refractivity contribution in [2.24, 2.45) is 10.7 Å². The molecule has 0 atom stereocenters. The summed E-state index contributed by atoms with van der Waals surface area (Å²) in [6.45, 7) is 3.12. The van der Waals surface area contributed by atoms with Crippen LogP contribution in [0.5, 0.6) is 0 Å². The van der Waals surface area contributed by atoms with Gasteiger partial charge in [-0.2, -0.15) is 0 Å². The number of nitrogens with one attached hydrogen (secondary N) is 2. The Balaban J connectivity index is 1.57. The number of rotatable bonds is 5. The van der Waals surface area contributed by atoms with Gasteiger partial charge in [-0.1, -0.05) is 36.4 Å². The molecule has 1 amide bonds. The second kappa shape index (κ2) is 7.11. The highest BCUT2D eigenvalue weighted by molar-refractivity contribution is 6.09. The number of primary amides is 1. The lowest BCUT2D eigenvalue weighted by Crippen LogP contribution is -2.32. The Morgan fingerprint density at radius 3 is 2.87 bits per heavy atom. The maximum absolute atomic E-state index is 11.8. The summed E-state index contributed by atoms with van der Waals surface area (Å²) in [5.41, 5.74) is 11.8. The van der Waals surface area contributed by atoms with Crippen molar-refractivity contribution in [2.45, 2.75) is 13.5 Å². The van der Waals surface area contributed by atoms with Crippen LogP contribution >= 0.6 is 0 Å². The van der Waals surface area contributed by atoms with E-state index >= 15 is 0 Å². The second-order valence-corrected chi connectivity index (χ2v) is 7.31. The van der Waals surface area contributed by atoms with E-state index in [1.165, 1.54) is 5.56 Å². The fourth-order valence-electron chi connectivity index (χ4n) is 3.87. The number of pyridine rings is 1. The van der Waals surface area contributed by atoms with Gasteiger partial charge in [0.05, 0.1) is 16.8 Å². The zero-order valence-electron chi connectivity index (χ0n) is 16.5. The average Bonchev–Trinajstić information content (AvgIpc) is 3.35. The Bertz CT molecular complexity index is 1250. The van der Waals surface area contributed by atoms with E-state index in [1.807, 2.05) is 47.9 Å². The normalized spacial score (nSPS) is 15.2. The van der Waals surface area contributed by atoms with Crippen LogP contribution in [0, 0.1) is 6.92 Å². The number of hydrogen-bond acceptors (Lipinski definition) is 5. The molecule has 0 unspecified atom stereocenters. The van der Waals surface area contributed by atoms with Crippen molar-refractivity contribution in [3.8, 4) is 0 Å². The highest BCUT2D eigenvalue weighted by atomic mass is 16.5. The summed E-state index contributed by atoms with van der Waals surface area (Å²) in [5, 5.41) is 6.84. The van der Waals surface area contributed by atoms with Gasteiger partial charge in [-0.05, 0) is 30.2 Å². The Labute approximate surface area is 173 Å². The molecule has 0 spiro atoms. The average molecular weight is 399 g/mol. The lowest BCUT2D eigenvalue weighted by Gasteiger charge is -2.21. The van der Waals surface area contributed by atoms with Crippen LogP contribution in [0.3, 0.4) is 0 Å². The lowest BCUT2D eigenvalue weighted by molar-refractivity contribution is 0.0994. The van der Waals surface area contributed by atoms with Gasteiger partial charge in [-0.3, -0.25) is 4.79 Å². The maximum atomic E-state index is 11.8. The molecule has 2 aliphatic rings. The SMILES string of the molecule is Cc1cn2c(C(N)=O)cccc2c1C1=NC(NCc2ccccc2)=C2COC=C2N1. The number of aromatic nitrogens is 1. The molecule has 0 fully saturated rings. The molecular weight excluding hydrogens is 378 g/mol. The molecule has 3 aromatic rings. The first-order chi connectivity index (χ1) is 14.6. The number of nitrogens with zero attached hydrogens (tertiary/aromatic N) is 2. The van der Waals surface area contributed by atoms with Gasteiger partial charge in [-0.15, -0.1) is 0 Å². The van der Waals surface area contributed by atoms with E-state index in [9.17, 15) is 4.79 Å². The Morgan fingerprint density at radius 2 is 2.07 bits per heavy atom. The molecule has 7 nitrogen and oxygen atoms in total. The summed E-state index contributed by atoms with van der Waals surface area (Å²) in [6, 6.07) is 15.7. The summed E-state index contributed by atoms with van der Waals surface area (Å²) in [5.74, 6) is 1.01. The Morgan fingerprint density at radius 1 is 1.23 bits per heavy atom. The summed E-state index contributed by atoms with van der Waals surface area (Å²) in [7, 11) is 0. The molecule has 4 N–H and O–H groups in total. The van der Waals surface area contributed by atoms with E-state index in [1.54, 1.807) is 12.3 Å². The van der Waals surface area contributed by atoms with E-state index in [0.29, 0.717) is 24.7 Å². The van der Waals surface area contributed by atoms with Crippen molar-refractivity contribution >= 4 is 17.3 Å². The number of benzene rings is 1. The van der Waals surface area contributed by atoms with Gasteiger partial charge >= 0.3 is 0 Å². The number of aliphatic imine (C=N–C) groups is 1. The number of aryl methyl sites for hydroxylation is 1. The predicted molar refractivity (Wildman–Crippen MR) is 115 cm³/mol. The van der Waals surface area contributed by atoms with E-state index in [-0.39, 0.29) is 0 Å². The van der Waals surface area contributed by atoms with E-state index in [4.69, 9.17) is 15.5 Å². The zero-order valence-corrected chi connectivity index (χ0v) is 16.5. The van der Waals surface area contributed by atoms with Gasteiger partial charge in [0.15, 0.2) is 0 Å². The third-order valence-electron chi connectivity index (χ3n) is 5.31. The monoisotopic (exact) mass is 399 g/mol. The standard InChI is InChI=1S/C23H21N5O2/c1-14-11-28-18(8-5-9-19(28)21(24)29)20(14)23-26-17-13-30-12-16(17)22(27-23)25-10-15-6-3-2-4-7-15/h2-9,11,13,25H,10,12H2,1H3,(H2,24,29)(H,26,27). The first-order valence-electron chi connectivity index (χ1n) is 9.71. The fraction of sp³-hybridized carbons (Fsp3) is 0.130. The highest BCUT2D eigenvalue weighted by Crippen LogP contribution is 2.28. The molecule has 7 heteroatoms. The third-order valence-corrected chi connectivity index (χ3v) is 5.31. The van der Waals surface area contributed by atoms with Gasteiger partial charge in [0, 0.05) is 18.3 Å². The molecule has 2 aromatic heterocycles. The van der Waals surface area contributed by atoms with Gasteiger partial charge in [0.1, 0.15) is 30.2 Å². The zero-order chi connectivity index (χ0) is 20.7. The van der Waals surface area contributed by atoms with Crippen LogP contribution in [0.25, 0.3) is 5.52 Å². The fourth-order valence-corrected chi connectivity index (χ4v) is 3.87. The van der Waals surface area contributed by atoms with Crippen LogP contribution < -0.4 is 16.4 Å². The van der Waals surface area contributed by atoms with Gasteiger partial charge in [-0.25, -0.2) is 4.99 Å². The van der Waals surface area contributed by atoms with Crippen molar-refractivity contribution in [1.82, 2.24) is 15.0 Å². The summed E-state index contributed by atoms with van der Waals surface area (Å²) >= 11 is 0. The molecule has 4 heterocycles. The number of carbonyl (C=O) groups is 1. The van der Waals surface area contributed by atoms with Crippen molar-refractivity contribution in [3.63, 3.8) is 0 Å². The lowest BCUT2D eigenvalue weighted by atomic mass is 10.1. The van der Waals surface area contributed by atoms with Crippen LogP contribution in [0.15, 0.2) is 83.1 Å². The molecule has 30 heavy (non-hydrogen) atoms. The van der Waals surface area contributed by atoms with Crippen LogP contribution in [-0.2, 0) is 11.3 Å². The Hall–Kier alpha value is -4.00. The molecule has 2 aliphatic heterocycles. The number of hydrogen-bond donors (Lipinski definition) is 3. The molecule has 0 saturated heterocycles. The van der Waals surface area contributed by atoms with Crippen LogP contribution in [0.2, 0.25) is 0 Å². The topological polar surface area (TPSA) is 93.2 Å². The van der Waals surface area contributed by atoms with E-state index in [0.717, 1.165) is 33.7 Å². The van der Waals surface area contributed by atoms with Crippen LogP contribution in [-0.4, -0.2) is 22.8 Å². The smallest absolute Gasteiger partial charge is 0.265 e. The first kappa shape index (κ1) is 18.1. The molecular formula is C23H21N5O2. The largest absolute Gasteiger partial charge is 0.494 e. The number of amides is 1. The maximum Gasteiger partial charge on any atom is 0.265 e. The number of fused-ring (bicyclic) bond motifs is 2. The van der Waals surface area contributed by atoms with Gasteiger partial charge in [0.2, 0.25) is 0 Å². The van der Waals surface area contributed by atoms with Crippen LogP contribution in [0.1, 0.15) is 27.2 Å². The van der Waals surface area contributed by atoms with Crippen molar-refractivity contribution in [3.05, 3.63) is 100 Å². The number of ether oxygens (including phenoxy) is 1. The molecule has 1 aromatic carbocycles. The van der Waals surface area contributed by atoms with Crippen molar-refractivity contribution < 1.29 is 9.53 Å². The summed E-state index contributed by atoms with van der Waals surface area (Å²) < 4.78 is 7.36. The third kappa shape index (κ3) is 3.00. The van der Waals surface area contributed by atoms with Crippen LogP contribution in [0.4, 0.5) is 0 Å². The first-order valence-corrected chi connectivity index (χ1v) is 9.71. The minimum atomic E-state index is -0.472. The minimum Gasteiger partial charge on any atom is -0.494 e. The molecule has 0 radical (unpaired) electrons. The molecule has 5 rings (SSSR count). The number of carbonyl (C=O) groups excluding carboxylic acids is 1. The highest BCUT2D eigenvalue weighted by Gasteiger charge is 2.27. The van der Waals surface area contributed by atoms with E-state index in [2.05, 4.69) is 22.8 Å². The summed E-state index contributed by atoms with van der Waals surface area (Å²) in [4.78, 5) is 16.7. The predicted octanol–water partition coefficient (Wildman–Crippen LogP) is 2.57.